The molecule has 1 saturated heterocycles. The molecule has 1 fully saturated rings. The van der Waals surface area contributed by atoms with Gasteiger partial charge in [0.05, 0.1) is 23.5 Å². The molecular weight excluding hydrogens is 962 g/mol. The largest absolute Gasteiger partial charge is 1.00 e. The van der Waals surface area contributed by atoms with Crippen LogP contribution in [0, 0.1) is 5.92 Å². The number of benzene rings is 5. The Morgan fingerprint density at radius 3 is 2.07 bits per heavy atom. The van der Waals surface area contributed by atoms with Crippen molar-refractivity contribution in [3.05, 3.63) is 155 Å². The highest BCUT2D eigenvalue weighted by Gasteiger charge is 2.39. The van der Waals surface area contributed by atoms with Gasteiger partial charge in [-0.2, -0.15) is 0 Å². The van der Waals surface area contributed by atoms with Crippen molar-refractivity contribution < 1.29 is 54.3 Å². The summed E-state index contributed by atoms with van der Waals surface area (Å²) in [6, 6.07) is 31.8. The highest BCUT2D eigenvalue weighted by Crippen LogP contribution is 2.34. The molecule has 2 aliphatic heterocycles. The third-order valence-electron chi connectivity index (χ3n) is 12.3. The summed E-state index contributed by atoms with van der Waals surface area (Å²) in [6.45, 7) is 4.21. The van der Waals surface area contributed by atoms with Gasteiger partial charge in [0, 0.05) is 35.6 Å². The molecule has 18 nitrogen and oxygen atoms in total. The molecule has 0 aliphatic carbocycles. The first-order valence-corrected chi connectivity index (χ1v) is 24.9. The molecule has 2 aliphatic rings. The van der Waals surface area contributed by atoms with Gasteiger partial charge in [-0.25, -0.2) is 22.3 Å². The van der Waals surface area contributed by atoms with E-state index < -0.39 is 64.0 Å². The summed E-state index contributed by atoms with van der Waals surface area (Å²) in [4.78, 5) is 81.1. The fourth-order valence-electron chi connectivity index (χ4n) is 8.21. The quantitative estimate of drug-likeness (QED) is 0.0557. The summed E-state index contributed by atoms with van der Waals surface area (Å²) in [6.07, 6.45) is 1.36. The van der Waals surface area contributed by atoms with E-state index in [1.165, 1.54) is 12.1 Å². The maximum atomic E-state index is 13.7. The standard InChI is InChI=1S/C52H59N9O9S.ClH/c1-33(2)46(54)49(64)58-43(29-34-11-5-3-6-12-34)48(63)57-42(15-9-10-27-53)47(62)55-39-20-16-35(17-21-39)32-70-52(67)56-40-22-18-37(19-23-40)50(65)60-28-26-38-30-41(24-25-45(38)60)71(68,69)61-31-44(59-51(61)66)36-13-7-4-8-14-36;/h3-8,11-14,16-25,30,33,42-44,46H,9-10,15,26-29,31-32,53-54H2,1-2H3,(H,55,62)(H,56,67)(H,57,63)(H,58,64)(H,59,66);1H/p-1/t42-,43-,44-,46+;/m0./s1. The van der Waals surface area contributed by atoms with Crippen molar-refractivity contribution in [1.82, 2.24) is 20.3 Å². The second-order valence-electron chi connectivity index (χ2n) is 17.8. The summed E-state index contributed by atoms with van der Waals surface area (Å²) < 4.78 is 33.5. The summed E-state index contributed by atoms with van der Waals surface area (Å²) in [5.74, 6) is -1.94. The minimum atomic E-state index is -4.17. The molecule has 5 aromatic rings. The van der Waals surface area contributed by atoms with Gasteiger partial charge < -0.3 is 54.8 Å². The average Bonchev–Trinajstić information content (AvgIpc) is 3.99. The van der Waals surface area contributed by atoms with Crippen LogP contribution in [0.2, 0.25) is 0 Å². The number of unbranched alkanes of at least 4 members (excludes halogenated alkanes) is 1. The third-order valence-corrected chi connectivity index (χ3v) is 14.1. The SMILES string of the molecule is CC(C)[C@@H](N)C(=O)N[C@@H](Cc1ccccc1)C(=O)N[C@@H](CCCCN)C(=O)Nc1ccc(COC(=O)Nc2ccc(C(=O)N3CCc4cc(S(=O)(=O)N5C[C@@H](c6ccccc6)NC5=O)ccc43)cc2)cc1.[Cl-]. The monoisotopic (exact) mass is 1020 g/mol. The topological polar surface area (TPSA) is 264 Å². The van der Waals surface area contributed by atoms with E-state index >= 15 is 0 Å². The molecule has 0 saturated carbocycles. The zero-order valence-electron chi connectivity index (χ0n) is 39.9. The number of nitrogens with one attached hydrogen (secondary N) is 5. The van der Waals surface area contributed by atoms with Crippen molar-refractivity contribution in [2.24, 2.45) is 17.4 Å². The zero-order chi connectivity index (χ0) is 50.7. The molecule has 20 heteroatoms. The second-order valence-corrected chi connectivity index (χ2v) is 19.6. The number of halogens is 1. The van der Waals surface area contributed by atoms with Crippen LogP contribution in [0.3, 0.4) is 0 Å². The fraction of sp³-hybridized carbons (Fsp3) is 0.308. The molecule has 4 atom stereocenters. The molecule has 0 unspecified atom stereocenters. The summed E-state index contributed by atoms with van der Waals surface area (Å²) >= 11 is 0. The maximum absolute atomic E-state index is 13.7. The molecule has 7 amide bonds. The van der Waals surface area contributed by atoms with Gasteiger partial charge in [0.1, 0.15) is 18.7 Å². The Morgan fingerprint density at radius 1 is 0.764 bits per heavy atom. The van der Waals surface area contributed by atoms with Crippen LogP contribution in [-0.2, 0) is 48.6 Å². The highest BCUT2D eigenvalue weighted by atomic mass is 35.5. The van der Waals surface area contributed by atoms with Crippen molar-refractivity contribution in [2.45, 2.75) is 81.6 Å². The molecule has 7 rings (SSSR count). The minimum absolute atomic E-state index is 0. The molecule has 72 heavy (non-hydrogen) atoms. The lowest BCUT2D eigenvalue weighted by Gasteiger charge is -2.25. The van der Waals surface area contributed by atoms with Crippen molar-refractivity contribution in [3.63, 3.8) is 0 Å². The number of sulfonamides is 1. The van der Waals surface area contributed by atoms with Crippen LogP contribution in [0.1, 0.15) is 71.8 Å². The van der Waals surface area contributed by atoms with E-state index in [1.54, 1.807) is 59.5 Å². The van der Waals surface area contributed by atoms with Crippen molar-refractivity contribution in [1.29, 1.82) is 0 Å². The van der Waals surface area contributed by atoms with E-state index in [4.69, 9.17) is 16.2 Å². The van der Waals surface area contributed by atoms with Crippen molar-refractivity contribution in [2.75, 3.05) is 35.2 Å². The van der Waals surface area contributed by atoms with Crippen LogP contribution in [0.25, 0.3) is 0 Å². The maximum Gasteiger partial charge on any atom is 0.411 e. The minimum Gasteiger partial charge on any atom is -1.00 e. The van der Waals surface area contributed by atoms with Gasteiger partial charge in [-0.05, 0) is 115 Å². The van der Waals surface area contributed by atoms with Crippen LogP contribution in [0.4, 0.5) is 26.7 Å². The van der Waals surface area contributed by atoms with E-state index in [-0.39, 0.29) is 48.7 Å². The Labute approximate surface area is 425 Å². The van der Waals surface area contributed by atoms with Crippen LogP contribution < -0.4 is 55.4 Å². The number of nitrogens with zero attached hydrogens (tertiary/aromatic N) is 2. The van der Waals surface area contributed by atoms with Gasteiger partial charge in [0.2, 0.25) is 17.7 Å². The number of fused-ring (bicyclic) bond motifs is 1. The van der Waals surface area contributed by atoms with E-state index in [9.17, 15) is 37.2 Å². The molecule has 2 heterocycles. The van der Waals surface area contributed by atoms with E-state index in [0.717, 1.165) is 15.4 Å². The van der Waals surface area contributed by atoms with Crippen LogP contribution in [-0.4, -0.2) is 86.2 Å². The normalized spacial score (nSPS) is 15.3. The smallest absolute Gasteiger partial charge is 0.411 e. The lowest BCUT2D eigenvalue weighted by atomic mass is 10.0. The lowest BCUT2D eigenvalue weighted by Crippen LogP contribution is -3.00. The number of carbonyl (C=O) groups is 6. The Morgan fingerprint density at radius 2 is 1.40 bits per heavy atom. The van der Waals surface area contributed by atoms with E-state index in [1.807, 2.05) is 74.5 Å². The Kier molecular flexibility index (Phi) is 18.5. The predicted molar refractivity (Wildman–Crippen MR) is 268 cm³/mol. The third kappa shape index (κ3) is 13.5. The number of amides is 7. The molecule has 0 bridgehead atoms. The number of hydrogen-bond donors (Lipinski definition) is 7. The van der Waals surface area contributed by atoms with Gasteiger partial charge >= 0.3 is 12.1 Å². The molecule has 380 valence electrons. The van der Waals surface area contributed by atoms with Gasteiger partial charge in [-0.3, -0.25) is 24.5 Å². The number of nitrogens with two attached hydrogens (primary N) is 2. The Hall–Kier alpha value is -7.32. The summed E-state index contributed by atoms with van der Waals surface area (Å²) in [7, 11) is -4.17. The van der Waals surface area contributed by atoms with Gasteiger partial charge in [-0.1, -0.05) is 86.6 Å². The van der Waals surface area contributed by atoms with Gasteiger partial charge in [0.25, 0.3) is 15.9 Å². The van der Waals surface area contributed by atoms with Crippen LogP contribution in [0.5, 0.6) is 0 Å². The number of hydrogen-bond acceptors (Lipinski definition) is 11. The number of anilines is 3. The first-order chi connectivity index (χ1) is 34.1. The van der Waals surface area contributed by atoms with Gasteiger partial charge in [-0.15, -0.1) is 0 Å². The molecular formula is C52H59ClN9O9S-. The van der Waals surface area contributed by atoms with Crippen LogP contribution in [0.15, 0.2) is 132 Å². The van der Waals surface area contributed by atoms with Gasteiger partial charge in [0.15, 0.2) is 0 Å². The number of rotatable bonds is 20. The van der Waals surface area contributed by atoms with Crippen molar-refractivity contribution >= 4 is 62.8 Å². The zero-order valence-corrected chi connectivity index (χ0v) is 41.5. The average molecular weight is 1020 g/mol. The molecule has 5 aromatic carbocycles. The molecule has 9 N–H and O–H groups in total. The van der Waals surface area contributed by atoms with E-state index in [2.05, 4.69) is 26.6 Å². The summed E-state index contributed by atoms with van der Waals surface area (Å²) in [5, 5.41) is 13.8. The first kappa shape index (κ1) is 54.0. The number of urea groups is 1. The summed E-state index contributed by atoms with van der Waals surface area (Å²) in [5.41, 5.74) is 16.4. The number of carbonyl (C=O) groups excluding carboxylic acids is 6. The second kappa shape index (κ2) is 24.7. The van der Waals surface area contributed by atoms with Crippen LogP contribution >= 0.6 is 0 Å². The predicted octanol–water partition coefficient (Wildman–Crippen LogP) is 2.36. The highest BCUT2D eigenvalue weighted by molar-refractivity contribution is 7.89. The van der Waals surface area contributed by atoms with Crippen molar-refractivity contribution in [3.8, 4) is 0 Å². The molecule has 0 spiro atoms. The van der Waals surface area contributed by atoms with E-state index in [0.29, 0.717) is 72.5 Å². The Balaban J connectivity index is 0.00000847. The Bertz CT molecular complexity index is 2820. The first-order valence-electron chi connectivity index (χ1n) is 23.5. The molecule has 0 aromatic heterocycles. The number of ether oxygens (including phenoxy) is 1. The fourth-order valence-corrected chi connectivity index (χ4v) is 9.61. The lowest BCUT2D eigenvalue weighted by molar-refractivity contribution is -0.131. The molecule has 0 radical (unpaired) electrons.